The van der Waals surface area contributed by atoms with Crippen LogP contribution in [0.1, 0.15) is 17.3 Å². The van der Waals surface area contributed by atoms with Crippen molar-refractivity contribution >= 4 is 56.8 Å². The predicted molar refractivity (Wildman–Crippen MR) is 65.8 cm³/mol. The Kier molecular flexibility index (Phi) is 2.88. The average molecular weight is 307 g/mol. The van der Waals surface area contributed by atoms with Gasteiger partial charge < -0.3 is 0 Å². The van der Waals surface area contributed by atoms with Crippen LogP contribution < -0.4 is 0 Å². The third-order valence-corrected chi connectivity index (χ3v) is 4.19. The molecule has 0 aliphatic carbocycles. The first-order valence-electron chi connectivity index (χ1n) is 4.28. The molecule has 2 rings (SSSR count). The molecule has 78 valence electrons. The topological polar surface area (TPSA) is 29.4 Å². The summed E-state index contributed by atoms with van der Waals surface area (Å²) in [6.45, 7) is 1.79. The molecule has 0 aromatic heterocycles. The van der Waals surface area contributed by atoms with E-state index in [0.29, 0.717) is 25.8 Å². The highest BCUT2D eigenvalue weighted by Gasteiger charge is 2.26. The van der Waals surface area contributed by atoms with Crippen LogP contribution in [0, 0.1) is 5.92 Å². The Bertz CT molecular complexity index is 485. The highest BCUT2D eigenvalue weighted by molar-refractivity contribution is 9.10. The van der Waals surface area contributed by atoms with Crippen molar-refractivity contribution in [2.24, 2.45) is 10.9 Å². The molecule has 0 spiro atoms. The molecule has 0 fully saturated rings. The van der Waals surface area contributed by atoms with Gasteiger partial charge in [-0.3, -0.25) is 9.79 Å². The minimum atomic E-state index is -0.233. The van der Waals surface area contributed by atoms with Gasteiger partial charge in [0.15, 0.2) is 5.78 Å². The number of benzene rings is 1. The normalized spacial score (nSPS) is 19.2. The first-order valence-corrected chi connectivity index (χ1v) is 5.83. The third-order valence-electron chi connectivity index (χ3n) is 2.24. The van der Waals surface area contributed by atoms with E-state index >= 15 is 0 Å². The van der Waals surface area contributed by atoms with Crippen molar-refractivity contribution in [2.75, 3.05) is 0 Å². The van der Waals surface area contributed by atoms with Crippen LogP contribution in [-0.2, 0) is 0 Å². The quantitative estimate of drug-likeness (QED) is 0.657. The van der Waals surface area contributed by atoms with E-state index in [1.165, 1.54) is 0 Å². The zero-order valence-electron chi connectivity index (χ0n) is 7.72. The van der Waals surface area contributed by atoms with E-state index in [1.807, 2.05) is 0 Å². The molecule has 0 bridgehead atoms. The first kappa shape index (κ1) is 11.1. The smallest absolute Gasteiger partial charge is 0.174 e. The second-order valence-electron chi connectivity index (χ2n) is 3.31. The second-order valence-corrected chi connectivity index (χ2v) is 4.89. The Balaban J connectivity index is 2.75. The van der Waals surface area contributed by atoms with Gasteiger partial charge in [-0.2, -0.15) is 0 Å². The molecule has 1 aliphatic rings. The molecule has 1 heterocycles. The molecule has 2 nitrogen and oxygen atoms in total. The van der Waals surface area contributed by atoms with Gasteiger partial charge in [0.2, 0.25) is 0 Å². The molecule has 0 amide bonds. The molecule has 1 aromatic rings. The maximum absolute atomic E-state index is 11.9. The van der Waals surface area contributed by atoms with Crippen LogP contribution in [0.4, 0.5) is 5.69 Å². The Morgan fingerprint density at radius 2 is 2.13 bits per heavy atom. The summed E-state index contributed by atoms with van der Waals surface area (Å²) in [5.41, 5.74) is 0.985. The molecule has 0 N–H and O–H groups in total. The van der Waals surface area contributed by atoms with Gasteiger partial charge in [-0.15, -0.1) is 0 Å². The monoisotopic (exact) mass is 305 g/mol. The van der Waals surface area contributed by atoms with E-state index in [2.05, 4.69) is 20.9 Å². The van der Waals surface area contributed by atoms with E-state index in [-0.39, 0.29) is 11.7 Å². The fourth-order valence-electron chi connectivity index (χ4n) is 1.41. The number of rotatable bonds is 0. The fourth-order valence-corrected chi connectivity index (χ4v) is 2.26. The Labute approximate surface area is 105 Å². The second kappa shape index (κ2) is 3.89. The third kappa shape index (κ3) is 1.73. The van der Waals surface area contributed by atoms with Crippen LogP contribution in [0.5, 0.6) is 0 Å². The van der Waals surface area contributed by atoms with Crippen LogP contribution in [0.3, 0.4) is 0 Å². The highest BCUT2D eigenvalue weighted by atomic mass is 79.9. The van der Waals surface area contributed by atoms with Crippen molar-refractivity contribution in [3.63, 3.8) is 0 Å². The summed E-state index contributed by atoms with van der Waals surface area (Å²) < 4.78 is 0.544. The largest absolute Gasteiger partial charge is 0.293 e. The van der Waals surface area contributed by atoms with Gasteiger partial charge in [0.25, 0.3) is 0 Å². The van der Waals surface area contributed by atoms with Crippen molar-refractivity contribution in [1.82, 2.24) is 0 Å². The number of hydrogen-bond donors (Lipinski definition) is 0. The van der Waals surface area contributed by atoms with Gasteiger partial charge >= 0.3 is 0 Å². The number of fused-ring (bicyclic) bond motifs is 1. The van der Waals surface area contributed by atoms with E-state index in [0.717, 1.165) is 0 Å². The van der Waals surface area contributed by atoms with E-state index in [4.69, 9.17) is 23.2 Å². The average Bonchev–Trinajstić information content (AvgIpc) is 2.20. The summed E-state index contributed by atoms with van der Waals surface area (Å²) in [6, 6.07) is 1.63. The molecule has 0 saturated carbocycles. The van der Waals surface area contributed by atoms with Gasteiger partial charge in [-0.1, -0.05) is 30.1 Å². The van der Waals surface area contributed by atoms with E-state index in [1.54, 1.807) is 19.2 Å². The van der Waals surface area contributed by atoms with Crippen LogP contribution in [0.2, 0.25) is 10.0 Å². The number of aliphatic imine (C=N–C) groups is 1. The zero-order valence-corrected chi connectivity index (χ0v) is 10.8. The number of Topliss-reactive ketones (excluding diaryl/α,β-unsaturated/α-hetero) is 1. The Morgan fingerprint density at radius 3 is 2.80 bits per heavy atom. The van der Waals surface area contributed by atoms with Gasteiger partial charge in [0, 0.05) is 6.21 Å². The van der Waals surface area contributed by atoms with Crippen molar-refractivity contribution in [2.45, 2.75) is 6.92 Å². The fraction of sp³-hybridized carbons (Fsp3) is 0.200. The molecule has 0 radical (unpaired) electrons. The van der Waals surface area contributed by atoms with E-state index in [9.17, 15) is 4.79 Å². The lowest BCUT2D eigenvalue weighted by Crippen LogP contribution is -2.16. The molecule has 0 saturated heterocycles. The number of carbonyl (C=O) groups excluding carboxylic acids is 1. The maximum Gasteiger partial charge on any atom is 0.174 e. The summed E-state index contributed by atoms with van der Waals surface area (Å²) in [5.74, 6) is -0.259. The number of halogens is 3. The minimum absolute atomic E-state index is 0.0256. The Hall–Kier alpha value is -0.380. The number of nitrogens with zero attached hydrogens (tertiary/aromatic N) is 1. The van der Waals surface area contributed by atoms with Gasteiger partial charge in [-0.05, 0) is 22.0 Å². The van der Waals surface area contributed by atoms with E-state index < -0.39 is 0 Å². The van der Waals surface area contributed by atoms with Crippen LogP contribution >= 0.6 is 39.1 Å². The summed E-state index contributed by atoms with van der Waals surface area (Å²) in [7, 11) is 0. The molecule has 5 heteroatoms. The summed E-state index contributed by atoms with van der Waals surface area (Å²) in [5, 5.41) is 0.796. The lowest BCUT2D eigenvalue weighted by Gasteiger charge is -2.16. The van der Waals surface area contributed by atoms with Crippen LogP contribution in [0.25, 0.3) is 0 Å². The standard InChI is InChI=1S/C10H6BrCl2NO/c1-4-3-14-6-2-5(12)8(11)9(13)7(6)10(4)15/h2-4H,1H3. The first-order chi connectivity index (χ1) is 7.02. The van der Waals surface area contributed by atoms with Gasteiger partial charge in [-0.25, -0.2) is 0 Å². The maximum atomic E-state index is 11.9. The summed E-state index contributed by atoms with van der Waals surface area (Å²) >= 11 is 15.2. The SMILES string of the molecule is CC1C=Nc2cc(Cl)c(Br)c(Cl)c2C1=O. The van der Waals surface area contributed by atoms with Crippen LogP contribution in [0.15, 0.2) is 15.5 Å². The molecule has 1 aromatic carbocycles. The summed E-state index contributed by atoms with van der Waals surface area (Å²) in [6.07, 6.45) is 1.60. The minimum Gasteiger partial charge on any atom is -0.293 e. The van der Waals surface area contributed by atoms with Crippen LogP contribution in [-0.4, -0.2) is 12.0 Å². The number of ketones is 1. The lowest BCUT2D eigenvalue weighted by atomic mass is 9.96. The van der Waals surface area contributed by atoms with Gasteiger partial charge in [0.05, 0.1) is 31.7 Å². The molecule has 1 unspecified atom stereocenters. The molecular formula is C10H6BrCl2NO. The molecule has 15 heavy (non-hydrogen) atoms. The number of carbonyl (C=O) groups is 1. The summed E-state index contributed by atoms with van der Waals surface area (Å²) in [4.78, 5) is 16.0. The van der Waals surface area contributed by atoms with Crippen molar-refractivity contribution in [1.29, 1.82) is 0 Å². The number of hydrogen-bond acceptors (Lipinski definition) is 2. The molecule has 1 atom stereocenters. The zero-order chi connectivity index (χ0) is 11.2. The van der Waals surface area contributed by atoms with Crippen molar-refractivity contribution in [3.8, 4) is 0 Å². The lowest BCUT2D eigenvalue weighted by molar-refractivity contribution is 0.0962. The van der Waals surface area contributed by atoms with Gasteiger partial charge in [0.1, 0.15) is 0 Å². The van der Waals surface area contributed by atoms with Crippen molar-refractivity contribution < 1.29 is 4.79 Å². The molecule has 1 aliphatic heterocycles. The highest BCUT2D eigenvalue weighted by Crippen LogP contribution is 2.41. The molecular weight excluding hydrogens is 301 g/mol. The van der Waals surface area contributed by atoms with Crippen molar-refractivity contribution in [3.05, 3.63) is 26.1 Å². The predicted octanol–water partition coefficient (Wildman–Crippen LogP) is 4.29. The Morgan fingerprint density at radius 1 is 1.47 bits per heavy atom.